The van der Waals surface area contributed by atoms with Crippen molar-refractivity contribution in [1.82, 2.24) is 4.98 Å². The molecule has 0 amide bonds. The summed E-state index contributed by atoms with van der Waals surface area (Å²) in [5.41, 5.74) is 7.70. The molecule has 0 aliphatic heterocycles. The Morgan fingerprint density at radius 3 is 2.83 bits per heavy atom. The lowest BCUT2D eigenvalue weighted by Gasteiger charge is -1.99. The second-order valence-corrected chi connectivity index (χ2v) is 5.87. The Labute approximate surface area is 144 Å². The van der Waals surface area contributed by atoms with Gasteiger partial charge in [-0.2, -0.15) is 5.26 Å². The average Bonchev–Trinajstić information content (AvgIpc) is 2.94. The lowest BCUT2D eigenvalue weighted by atomic mass is 10.1. The number of nitriles is 1. The fraction of sp³-hybridized carbons (Fsp3) is 0.125. The fourth-order valence-electron chi connectivity index (χ4n) is 1.52. The molecule has 1 heterocycles. The van der Waals surface area contributed by atoms with E-state index in [4.69, 9.17) is 11.0 Å². The predicted octanol–water partition coefficient (Wildman–Crippen LogP) is 4.30. The standard InChI is InChI=1S/C8H7FN2.C8H10N2S2/c1-5-2-6(4-10)7(9)3-8(5)11;1-9-2-3-12-6-7-4-8(11)5-10-7/h2-3H,11H2,1H3;2-5,10-11H,1,6H2/b;3-2-. The van der Waals surface area contributed by atoms with Gasteiger partial charge in [-0.3, -0.25) is 4.99 Å². The number of thiol groups is 1. The van der Waals surface area contributed by atoms with Crippen molar-refractivity contribution in [2.75, 3.05) is 5.73 Å². The second kappa shape index (κ2) is 9.77. The molecule has 0 saturated carbocycles. The van der Waals surface area contributed by atoms with E-state index in [0.717, 1.165) is 22.3 Å². The number of nitrogen functional groups attached to an aromatic ring is 1. The van der Waals surface area contributed by atoms with Crippen molar-refractivity contribution in [3.63, 3.8) is 0 Å². The van der Waals surface area contributed by atoms with Crippen LogP contribution in [0.1, 0.15) is 16.8 Å². The first-order valence-electron chi connectivity index (χ1n) is 6.52. The molecule has 3 N–H and O–H groups in total. The van der Waals surface area contributed by atoms with Crippen molar-refractivity contribution < 1.29 is 4.39 Å². The highest BCUT2D eigenvalue weighted by atomic mass is 32.2. The van der Waals surface area contributed by atoms with Crippen LogP contribution in [0, 0.1) is 24.1 Å². The molecule has 2 rings (SSSR count). The molecule has 0 spiro atoms. The summed E-state index contributed by atoms with van der Waals surface area (Å²) in [6.07, 6.45) is 3.55. The molecule has 0 saturated heterocycles. The van der Waals surface area contributed by atoms with E-state index in [1.54, 1.807) is 31.0 Å². The normalized spacial score (nSPS) is 10.0. The minimum absolute atomic E-state index is 0.0386. The summed E-state index contributed by atoms with van der Waals surface area (Å²) in [6.45, 7) is 5.07. The van der Waals surface area contributed by atoms with Gasteiger partial charge in [-0.05, 0) is 42.8 Å². The van der Waals surface area contributed by atoms with Gasteiger partial charge in [0.25, 0.3) is 0 Å². The van der Waals surface area contributed by atoms with Gasteiger partial charge < -0.3 is 10.7 Å². The average molecular weight is 348 g/mol. The van der Waals surface area contributed by atoms with E-state index < -0.39 is 5.82 Å². The zero-order valence-electron chi connectivity index (χ0n) is 12.6. The van der Waals surface area contributed by atoms with E-state index in [1.807, 2.05) is 17.7 Å². The van der Waals surface area contributed by atoms with Crippen LogP contribution in [0.25, 0.3) is 0 Å². The van der Waals surface area contributed by atoms with E-state index >= 15 is 0 Å². The molecular formula is C16H17FN4S2. The van der Waals surface area contributed by atoms with Crippen molar-refractivity contribution in [3.05, 3.63) is 58.6 Å². The third-order valence-electron chi connectivity index (χ3n) is 2.71. The molecule has 4 nitrogen and oxygen atoms in total. The molecule has 0 bridgehead atoms. The van der Waals surface area contributed by atoms with Gasteiger partial charge in [-0.1, -0.05) is 0 Å². The summed E-state index contributed by atoms with van der Waals surface area (Å²) in [4.78, 5) is 7.67. The Morgan fingerprint density at radius 2 is 2.26 bits per heavy atom. The van der Waals surface area contributed by atoms with Gasteiger partial charge in [0.15, 0.2) is 0 Å². The van der Waals surface area contributed by atoms with Crippen molar-refractivity contribution >= 4 is 36.8 Å². The van der Waals surface area contributed by atoms with Gasteiger partial charge in [0.05, 0.1) is 5.56 Å². The van der Waals surface area contributed by atoms with E-state index in [-0.39, 0.29) is 5.56 Å². The summed E-state index contributed by atoms with van der Waals surface area (Å²) in [6, 6.07) is 6.33. The summed E-state index contributed by atoms with van der Waals surface area (Å²) >= 11 is 5.85. The van der Waals surface area contributed by atoms with Crippen LogP contribution in [0.4, 0.5) is 10.1 Å². The Balaban J connectivity index is 0.000000231. The maximum Gasteiger partial charge on any atom is 0.143 e. The fourth-order valence-corrected chi connectivity index (χ4v) is 2.35. The molecule has 120 valence electrons. The molecule has 7 heteroatoms. The number of anilines is 1. The van der Waals surface area contributed by atoms with Gasteiger partial charge in [-0.25, -0.2) is 4.39 Å². The monoisotopic (exact) mass is 348 g/mol. The van der Waals surface area contributed by atoms with Crippen molar-refractivity contribution in [1.29, 1.82) is 5.26 Å². The lowest BCUT2D eigenvalue weighted by Crippen LogP contribution is -1.93. The van der Waals surface area contributed by atoms with Gasteiger partial charge in [0.2, 0.25) is 0 Å². The molecule has 0 unspecified atom stereocenters. The number of rotatable bonds is 4. The Kier molecular flexibility index (Phi) is 8.02. The Hall–Kier alpha value is -2.17. The number of aromatic amines is 1. The number of halogens is 1. The number of nitrogens with two attached hydrogens (primary N) is 1. The molecule has 2 aromatic rings. The number of thioether (sulfide) groups is 1. The number of hydrogen-bond acceptors (Lipinski definition) is 5. The maximum absolute atomic E-state index is 12.7. The van der Waals surface area contributed by atoms with E-state index in [1.165, 1.54) is 11.8 Å². The molecule has 1 aromatic heterocycles. The second-order valence-electron chi connectivity index (χ2n) is 4.46. The SMILES string of the molecule is C=N/C=C\SCc1cc(S)c[nH]1.Cc1cc(C#N)c(F)cc1N. The smallest absolute Gasteiger partial charge is 0.143 e. The van der Waals surface area contributed by atoms with Gasteiger partial charge >= 0.3 is 0 Å². The van der Waals surface area contributed by atoms with Crippen molar-refractivity contribution in [2.24, 2.45) is 4.99 Å². The number of aliphatic imine (C=N–C) groups is 1. The van der Waals surface area contributed by atoms with Crippen molar-refractivity contribution in [2.45, 2.75) is 17.6 Å². The Bertz CT molecular complexity index is 732. The van der Waals surface area contributed by atoms with Crippen LogP contribution in [-0.4, -0.2) is 11.7 Å². The third-order valence-corrected chi connectivity index (χ3v) is 3.76. The lowest BCUT2D eigenvalue weighted by molar-refractivity contribution is 0.624. The van der Waals surface area contributed by atoms with Gasteiger partial charge in [0.1, 0.15) is 11.9 Å². The first kappa shape index (κ1) is 18.9. The number of benzene rings is 1. The zero-order valence-corrected chi connectivity index (χ0v) is 14.3. The third kappa shape index (κ3) is 6.63. The molecule has 0 fully saturated rings. The molecular weight excluding hydrogens is 331 g/mol. The molecule has 1 aromatic carbocycles. The largest absolute Gasteiger partial charge is 0.398 e. The van der Waals surface area contributed by atoms with Crippen LogP contribution in [-0.2, 0) is 5.75 Å². The molecule has 0 atom stereocenters. The van der Waals surface area contributed by atoms with Gasteiger partial charge in [-0.15, -0.1) is 24.4 Å². The highest BCUT2D eigenvalue weighted by Crippen LogP contribution is 2.16. The van der Waals surface area contributed by atoms with Crippen molar-refractivity contribution in [3.8, 4) is 6.07 Å². The quantitative estimate of drug-likeness (QED) is 0.438. The first-order chi connectivity index (χ1) is 11.0. The van der Waals surface area contributed by atoms with Gasteiger partial charge in [0, 0.05) is 34.4 Å². The first-order valence-corrected chi connectivity index (χ1v) is 8.02. The number of aromatic nitrogens is 1. The van der Waals surface area contributed by atoms with Crippen LogP contribution in [0.2, 0.25) is 0 Å². The van der Waals surface area contributed by atoms with Crippen LogP contribution >= 0.6 is 24.4 Å². The summed E-state index contributed by atoms with van der Waals surface area (Å²) in [5, 5.41) is 10.3. The van der Waals surface area contributed by atoms with E-state index in [9.17, 15) is 4.39 Å². The number of H-pyrrole nitrogens is 1. The topological polar surface area (TPSA) is 78.0 Å². The Morgan fingerprint density at radius 1 is 1.52 bits per heavy atom. The number of hydrogen-bond donors (Lipinski definition) is 3. The minimum Gasteiger partial charge on any atom is -0.398 e. The molecule has 23 heavy (non-hydrogen) atoms. The highest BCUT2D eigenvalue weighted by Gasteiger charge is 2.03. The predicted molar refractivity (Wildman–Crippen MR) is 98.3 cm³/mol. The maximum atomic E-state index is 12.7. The van der Waals surface area contributed by atoms with Crippen LogP contribution < -0.4 is 5.73 Å². The number of aryl methyl sites for hydroxylation is 1. The highest BCUT2D eigenvalue weighted by molar-refractivity contribution is 8.01. The van der Waals surface area contributed by atoms with E-state index in [0.29, 0.717) is 5.69 Å². The molecule has 0 aliphatic carbocycles. The van der Waals surface area contributed by atoms with Crippen LogP contribution in [0.15, 0.2) is 45.9 Å². The summed E-state index contributed by atoms with van der Waals surface area (Å²) in [5.74, 6) is 0.350. The van der Waals surface area contributed by atoms with Crippen LogP contribution in [0.5, 0.6) is 0 Å². The summed E-state index contributed by atoms with van der Waals surface area (Å²) in [7, 11) is 0. The zero-order chi connectivity index (χ0) is 17.2. The van der Waals surface area contributed by atoms with E-state index in [2.05, 4.69) is 29.3 Å². The van der Waals surface area contributed by atoms with Crippen LogP contribution in [0.3, 0.4) is 0 Å². The molecule has 0 radical (unpaired) electrons. The summed E-state index contributed by atoms with van der Waals surface area (Å²) < 4.78 is 12.7. The molecule has 0 aliphatic rings. The number of nitrogens with zero attached hydrogens (tertiary/aromatic N) is 2. The number of nitrogens with one attached hydrogen (secondary N) is 1. The minimum atomic E-state index is -0.560.